The molecule has 1 aliphatic carbocycles. The lowest BCUT2D eigenvalue weighted by molar-refractivity contribution is 0.0586. The lowest BCUT2D eigenvalue weighted by Gasteiger charge is -2.49. The van der Waals surface area contributed by atoms with Crippen LogP contribution >= 0.6 is 0 Å². The highest BCUT2D eigenvalue weighted by Gasteiger charge is 2.62. The molecule has 174 valence electrons. The van der Waals surface area contributed by atoms with E-state index in [9.17, 15) is 19.8 Å². The molecule has 33 heavy (non-hydrogen) atoms. The Morgan fingerprint density at radius 2 is 1.88 bits per heavy atom. The Bertz CT molecular complexity index is 1330. The van der Waals surface area contributed by atoms with Gasteiger partial charge in [-0.15, -0.1) is 0 Å². The van der Waals surface area contributed by atoms with E-state index in [4.69, 9.17) is 14.2 Å². The third-order valence-corrected chi connectivity index (χ3v) is 7.81. The van der Waals surface area contributed by atoms with E-state index < -0.39 is 28.8 Å². The molecule has 0 amide bonds. The van der Waals surface area contributed by atoms with E-state index in [0.29, 0.717) is 17.9 Å². The zero-order valence-corrected chi connectivity index (χ0v) is 18.5. The van der Waals surface area contributed by atoms with Gasteiger partial charge in [-0.05, 0) is 29.7 Å². The number of benzene rings is 1. The normalized spacial score (nSPS) is 33.2. The lowest BCUT2D eigenvalue weighted by Crippen LogP contribution is -2.54. The number of aromatic hydroxyl groups is 1. The maximum absolute atomic E-state index is 13.3. The molecule has 4 heterocycles. The SMILES string of the molecule is CO[C@@H]1C=C[C@@]23c4cc5c(cc4[C@H](c4c(O)n(C)c(=O)n(C)c4=O)N(C[C@H]2O)[C@@H]3C1)OCO5. The van der Waals surface area contributed by atoms with Crippen LogP contribution in [0.4, 0.5) is 0 Å². The second-order valence-corrected chi connectivity index (χ2v) is 9.17. The van der Waals surface area contributed by atoms with Gasteiger partial charge in [0.1, 0.15) is 0 Å². The van der Waals surface area contributed by atoms with Gasteiger partial charge in [-0.25, -0.2) is 4.79 Å². The summed E-state index contributed by atoms with van der Waals surface area (Å²) in [4.78, 5) is 27.8. The molecule has 0 radical (unpaired) electrons. The van der Waals surface area contributed by atoms with Crippen LogP contribution in [0.1, 0.15) is 29.2 Å². The number of nitrogens with zero attached hydrogens (tertiary/aromatic N) is 3. The molecule has 0 saturated carbocycles. The summed E-state index contributed by atoms with van der Waals surface area (Å²) in [5, 5.41) is 22.4. The van der Waals surface area contributed by atoms with Gasteiger partial charge in [0.25, 0.3) is 5.56 Å². The summed E-state index contributed by atoms with van der Waals surface area (Å²) >= 11 is 0. The van der Waals surface area contributed by atoms with Gasteiger partial charge in [0.2, 0.25) is 12.7 Å². The number of aromatic nitrogens is 2. The van der Waals surface area contributed by atoms with Crippen LogP contribution in [-0.4, -0.2) is 62.9 Å². The van der Waals surface area contributed by atoms with Crippen LogP contribution in [0.15, 0.2) is 33.9 Å². The van der Waals surface area contributed by atoms with Gasteiger partial charge in [0.15, 0.2) is 11.5 Å². The summed E-state index contributed by atoms with van der Waals surface area (Å²) in [6, 6.07) is 2.82. The molecular formula is C23H25N3O7. The van der Waals surface area contributed by atoms with Crippen LogP contribution < -0.4 is 20.7 Å². The molecule has 1 aromatic carbocycles. The minimum atomic E-state index is -0.751. The van der Waals surface area contributed by atoms with E-state index in [1.165, 1.54) is 14.1 Å². The van der Waals surface area contributed by atoms with Crippen molar-refractivity contribution < 1.29 is 24.4 Å². The van der Waals surface area contributed by atoms with E-state index in [-0.39, 0.29) is 36.9 Å². The molecule has 1 unspecified atom stereocenters. The van der Waals surface area contributed by atoms with Crippen LogP contribution in [0.25, 0.3) is 0 Å². The van der Waals surface area contributed by atoms with Crippen LogP contribution in [0.3, 0.4) is 0 Å². The van der Waals surface area contributed by atoms with Gasteiger partial charge in [0.05, 0.1) is 29.2 Å². The number of fused-ring (bicyclic) bond motifs is 2. The smallest absolute Gasteiger partial charge is 0.333 e. The predicted octanol–water partition coefficient (Wildman–Crippen LogP) is -0.121. The van der Waals surface area contributed by atoms with Crippen molar-refractivity contribution in [3.63, 3.8) is 0 Å². The Hall–Kier alpha value is -3.08. The summed E-state index contributed by atoms with van der Waals surface area (Å²) in [6.07, 6.45) is 3.68. The molecule has 1 fully saturated rings. The Labute approximate surface area is 188 Å². The zero-order valence-electron chi connectivity index (χ0n) is 18.5. The van der Waals surface area contributed by atoms with Gasteiger partial charge >= 0.3 is 5.69 Å². The number of aliphatic hydroxyl groups excluding tert-OH is 1. The van der Waals surface area contributed by atoms with Crippen LogP contribution in [0.5, 0.6) is 17.4 Å². The molecule has 3 aliphatic heterocycles. The molecule has 0 spiro atoms. The largest absolute Gasteiger partial charge is 0.494 e. The van der Waals surface area contributed by atoms with Crippen molar-refractivity contribution in [2.45, 2.75) is 36.1 Å². The van der Waals surface area contributed by atoms with Gasteiger partial charge in [-0.1, -0.05) is 12.2 Å². The maximum Gasteiger partial charge on any atom is 0.333 e. The third kappa shape index (κ3) is 2.43. The number of rotatable bonds is 2. The van der Waals surface area contributed by atoms with Gasteiger partial charge in [-0.2, -0.15) is 0 Å². The molecular weight excluding hydrogens is 430 g/mol. The van der Waals surface area contributed by atoms with Crippen LogP contribution in [0, 0.1) is 0 Å². The minimum Gasteiger partial charge on any atom is -0.494 e. The molecule has 6 atom stereocenters. The maximum atomic E-state index is 13.3. The van der Waals surface area contributed by atoms with E-state index in [1.807, 2.05) is 29.2 Å². The molecule has 10 heteroatoms. The van der Waals surface area contributed by atoms with Crippen molar-refractivity contribution >= 4 is 0 Å². The molecule has 10 nitrogen and oxygen atoms in total. The summed E-state index contributed by atoms with van der Waals surface area (Å²) in [5.74, 6) is 0.729. The van der Waals surface area contributed by atoms with Crippen molar-refractivity contribution in [2.24, 2.45) is 14.1 Å². The van der Waals surface area contributed by atoms with E-state index in [2.05, 4.69) is 0 Å². The monoisotopic (exact) mass is 455 g/mol. The van der Waals surface area contributed by atoms with Crippen molar-refractivity contribution in [2.75, 3.05) is 20.4 Å². The van der Waals surface area contributed by atoms with E-state index >= 15 is 0 Å². The van der Waals surface area contributed by atoms with Gasteiger partial charge in [0, 0.05) is 33.8 Å². The van der Waals surface area contributed by atoms with Gasteiger partial charge < -0.3 is 24.4 Å². The lowest BCUT2D eigenvalue weighted by atomic mass is 9.63. The van der Waals surface area contributed by atoms with Crippen LogP contribution in [-0.2, 0) is 24.2 Å². The molecule has 1 aromatic heterocycles. The Kier molecular flexibility index (Phi) is 4.18. The molecule has 2 aromatic rings. The van der Waals surface area contributed by atoms with Gasteiger partial charge in [-0.3, -0.25) is 18.8 Å². The first-order valence-corrected chi connectivity index (χ1v) is 10.9. The molecule has 1 saturated heterocycles. The summed E-state index contributed by atoms with van der Waals surface area (Å²) in [5.41, 5.74) is -0.260. The van der Waals surface area contributed by atoms with Crippen molar-refractivity contribution in [3.8, 4) is 17.4 Å². The second-order valence-electron chi connectivity index (χ2n) is 9.17. The van der Waals surface area contributed by atoms with Crippen molar-refractivity contribution in [1.29, 1.82) is 0 Å². The fourth-order valence-corrected chi connectivity index (χ4v) is 6.16. The average Bonchev–Trinajstić information content (AvgIpc) is 3.37. The quantitative estimate of drug-likeness (QED) is 0.603. The Balaban J connectivity index is 1.69. The zero-order chi connectivity index (χ0) is 23.2. The number of hydrogen-bond donors (Lipinski definition) is 2. The Morgan fingerprint density at radius 1 is 1.15 bits per heavy atom. The standard InChI is InChI=1S/C23H25N3O7/c1-24-20(28)18(21(29)25(2)22(24)30)19-12-7-14-15(33-10-32-14)8-13(12)23-5-4-11(31-3)6-16(23)26(19)9-17(23)27/h4-5,7-8,11,16-17,19,27-28H,6,9-10H2,1-3H3/t11-,16-,17-,19-,23+/m1/s1. The second kappa shape index (κ2) is 6.72. The number of hydrogen-bond acceptors (Lipinski definition) is 8. The van der Waals surface area contributed by atoms with E-state index in [0.717, 1.165) is 20.3 Å². The highest BCUT2D eigenvalue weighted by molar-refractivity contribution is 5.60. The average molecular weight is 455 g/mol. The summed E-state index contributed by atoms with van der Waals surface area (Å²) in [6.45, 7) is 0.364. The van der Waals surface area contributed by atoms with Crippen molar-refractivity contribution in [1.82, 2.24) is 14.0 Å². The molecule has 4 aliphatic rings. The fourth-order valence-electron chi connectivity index (χ4n) is 6.16. The topological polar surface area (TPSA) is 115 Å². The first kappa shape index (κ1) is 20.5. The fraction of sp³-hybridized carbons (Fsp3) is 0.478. The third-order valence-electron chi connectivity index (χ3n) is 7.81. The predicted molar refractivity (Wildman–Crippen MR) is 116 cm³/mol. The molecule has 2 N–H and O–H groups in total. The minimum absolute atomic E-state index is 0.0834. The summed E-state index contributed by atoms with van der Waals surface area (Å²) < 4.78 is 18.9. The Morgan fingerprint density at radius 3 is 2.61 bits per heavy atom. The highest BCUT2D eigenvalue weighted by Crippen LogP contribution is 2.58. The number of aliphatic hydroxyl groups is 1. The first-order valence-electron chi connectivity index (χ1n) is 10.9. The number of ether oxygens (including phenoxy) is 3. The number of methoxy groups -OCH3 is 1. The highest BCUT2D eigenvalue weighted by atomic mass is 16.7. The summed E-state index contributed by atoms with van der Waals surface area (Å²) in [7, 11) is 4.46. The molecule has 2 bridgehead atoms. The van der Waals surface area contributed by atoms with Crippen molar-refractivity contribution in [3.05, 3.63) is 61.8 Å². The first-order chi connectivity index (χ1) is 15.8. The van der Waals surface area contributed by atoms with E-state index in [1.54, 1.807) is 7.11 Å². The van der Waals surface area contributed by atoms with Crippen LogP contribution in [0.2, 0.25) is 0 Å². The molecule has 6 rings (SSSR count).